The van der Waals surface area contributed by atoms with Crippen LogP contribution in [-0.4, -0.2) is 47.2 Å². The molecule has 2 bridgehead atoms. The number of hydrogen-bond donors (Lipinski definition) is 1. The Hall–Kier alpha value is -1.39. The molecule has 1 aromatic carbocycles. The predicted octanol–water partition coefficient (Wildman–Crippen LogP) is 1.95. The molecule has 1 N–H and O–H groups in total. The van der Waals surface area contributed by atoms with Crippen LogP contribution < -0.4 is 4.90 Å². The number of anilines is 1. The van der Waals surface area contributed by atoms with E-state index in [0.717, 1.165) is 50.8 Å². The zero-order chi connectivity index (χ0) is 15.1. The first-order valence-corrected chi connectivity index (χ1v) is 8.54. The molecule has 4 heteroatoms. The van der Waals surface area contributed by atoms with Gasteiger partial charge in [0.25, 0.3) is 0 Å². The van der Waals surface area contributed by atoms with E-state index in [4.69, 9.17) is 0 Å². The van der Waals surface area contributed by atoms with Gasteiger partial charge in [0.1, 0.15) is 0 Å². The van der Waals surface area contributed by atoms with Crippen LogP contribution in [0.2, 0.25) is 0 Å². The number of aliphatic hydroxyl groups is 1. The summed E-state index contributed by atoms with van der Waals surface area (Å²) in [5, 5.41) is 9.90. The lowest BCUT2D eigenvalue weighted by Crippen LogP contribution is -2.50. The lowest BCUT2D eigenvalue weighted by Gasteiger charge is -2.38. The largest absolute Gasteiger partial charge is 0.393 e. The highest BCUT2D eigenvalue weighted by atomic mass is 16.3. The maximum absolute atomic E-state index is 12.9. The molecule has 0 saturated carbocycles. The van der Waals surface area contributed by atoms with Crippen LogP contribution in [0.3, 0.4) is 0 Å². The first-order valence-electron chi connectivity index (χ1n) is 8.54. The molecular formula is C18H24N2O2. The SMILES string of the molecule is O=C(CN1C2CCC1CC(O)C2)N1CCCc2ccccc21. The average molecular weight is 300 g/mol. The molecule has 2 saturated heterocycles. The van der Waals surface area contributed by atoms with Crippen molar-refractivity contribution in [2.75, 3.05) is 18.0 Å². The van der Waals surface area contributed by atoms with E-state index in [1.165, 1.54) is 5.56 Å². The van der Waals surface area contributed by atoms with E-state index in [0.29, 0.717) is 18.6 Å². The van der Waals surface area contributed by atoms with Gasteiger partial charge in [-0.15, -0.1) is 0 Å². The van der Waals surface area contributed by atoms with Crippen LogP contribution in [0.25, 0.3) is 0 Å². The Morgan fingerprint density at radius 1 is 1.18 bits per heavy atom. The number of carbonyl (C=O) groups excluding carboxylic acids is 1. The molecule has 3 aliphatic heterocycles. The number of carbonyl (C=O) groups is 1. The van der Waals surface area contributed by atoms with Gasteiger partial charge in [0.2, 0.25) is 5.91 Å². The van der Waals surface area contributed by atoms with Gasteiger partial charge in [0.15, 0.2) is 0 Å². The van der Waals surface area contributed by atoms with Crippen molar-refractivity contribution in [2.24, 2.45) is 0 Å². The lowest BCUT2D eigenvalue weighted by atomic mass is 9.99. The van der Waals surface area contributed by atoms with Crippen LogP contribution >= 0.6 is 0 Å². The molecule has 0 aliphatic carbocycles. The van der Waals surface area contributed by atoms with Gasteiger partial charge in [-0.2, -0.15) is 0 Å². The van der Waals surface area contributed by atoms with Crippen LogP contribution in [0.1, 0.15) is 37.7 Å². The van der Waals surface area contributed by atoms with Gasteiger partial charge in [-0.05, 0) is 50.2 Å². The monoisotopic (exact) mass is 300 g/mol. The van der Waals surface area contributed by atoms with E-state index in [1.54, 1.807) is 0 Å². The van der Waals surface area contributed by atoms with Gasteiger partial charge in [0.05, 0.1) is 12.6 Å². The molecule has 22 heavy (non-hydrogen) atoms. The standard InChI is InChI=1S/C18H24N2O2/c21-16-10-14-7-8-15(11-16)20(14)12-18(22)19-9-3-5-13-4-1-2-6-17(13)19/h1-2,4,6,14-16,21H,3,5,7-12H2. The van der Waals surface area contributed by atoms with E-state index < -0.39 is 0 Å². The first-order chi connectivity index (χ1) is 10.7. The average Bonchev–Trinajstić information content (AvgIpc) is 2.77. The van der Waals surface area contributed by atoms with Crippen LogP contribution in [0, 0.1) is 0 Å². The Labute approximate surface area is 131 Å². The fraction of sp³-hybridized carbons (Fsp3) is 0.611. The number of piperidine rings is 1. The topological polar surface area (TPSA) is 43.8 Å². The van der Waals surface area contributed by atoms with E-state index in [2.05, 4.69) is 23.1 Å². The summed E-state index contributed by atoms with van der Waals surface area (Å²) in [6, 6.07) is 9.08. The van der Waals surface area contributed by atoms with E-state index in [9.17, 15) is 9.90 Å². The molecule has 1 aromatic rings. The summed E-state index contributed by atoms with van der Waals surface area (Å²) < 4.78 is 0. The summed E-state index contributed by atoms with van der Waals surface area (Å²) in [4.78, 5) is 17.2. The van der Waals surface area contributed by atoms with Crippen LogP contribution in [-0.2, 0) is 11.2 Å². The Balaban J connectivity index is 1.50. The van der Waals surface area contributed by atoms with Crippen molar-refractivity contribution in [3.8, 4) is 0 Å². The fourth-order valence-electron chi connectivity index (χ4n) is 4.54. The molecule has 0 aromatic heterocycles. The number of aryl methyl sites for hydroxylation is 1. The molecule has 1 amide bonds. The summed E-state index contributed by atoms with van der Waals surface area (Å²) in [6.45, 7) is 1.35. The number of amides is 1. The maximum Gasteiger partial charge on any atom is 0.241 e. The summed E-state index contributed by atoms with van der Waals surface area (Å²) in [7, 11) is 0. The first kappa shape index (κ1) is 14.2. The molecule has 2 fully saturated rings. The quantitative estimate of drug-likeness (QED) is 0.908. The normalized spacial score (nSPS) is 31.1. The Morgan fingerprint density at radius 3 is 2.68 bits per heavy atom. The minimum atomic E-state index is -0.167. The molecule has 4 rings (SSSR count). The van der Waals surface area contributed by atoms with Crippen LogP contribution in [0.15, 0.2) is 24.3 Å². The highest BCUT2D eigenvalue weighted by Crippen LogP contribution is 2.36. The molecule has 4 nitrogen and oxygen atoms in total. The number of hydrogen-bond acceptors (Lipinski definition) is 3. The third kappa shape index (κ3) is 2.44. The van der Waals surface area contributed by atoms with Crippen molar-refractivity contribution < 1.29 is 9.90 Å². The van der Waals surface area contributed by atoms with Gasteiger partial charge in [0, 0.05) is 24.3 Å². The van der Waals surface area contributed by atoms with E-state index in [-0.39, 0.29) is 12.0 Å². The third-order valence-electron chi connectivity index (χ3n) is 5.59. The molecular weight excluding hydrogens is 276 g/mol. The second-order valence-electron chi connectivity index (χ2n) is 6.96. The van der Waals surface area contributed by atoms with Crippen molar-refractivity contribution in [3.63, 3.8) is 0 Å². The fourth-order valence-corrected chi connectivity index (χ4v) is 4.54. The molecule has 3 heterocycles. The van der Waals surface area contributed by atoms with Gasteiger partial charge in [-0.25, -0.2) is 0 Å². The Bertz CT molecular complexity index is 560. The molecule has 118 valence electrons. The second-order valence-corrected chi connectivity index (χ2v) is 6.96. The van der Waals surface area contributed by atoms with Gasteiger partial charge in [-0.1, -0.05) is 18.2 Å². The van der Waals surface area contributed by atoms with Gasteiger partial charge >= 0.3 is 0 Å². The Kier molecular flexibility index (Phi) is 3.66. The zero-order valence-electron chi connectivity index (χ0n) is 12.9. The highest BCUT2D eigenvalue weighted by molar-refractivity contribution is 5.96. The number of aliphatic hydroxyl groups excluding tert-OH is 1. The molecule has 2 unspecified atom stereocenters. The van der Waals surface area contributed by atoms with Crippen molar-refractivity contribution in [1.82, 2.24) is 4.90 Å². The van der Waals surface area contributed by atoms with Crippen molar-refractivity contribution in [2.45, 2.75) is 56.7 Å². The Morgan fingerprint density at radius 2 is 1.91 bits per heavy atom. The second kappa shape index (κ2) is 5.67. The minimum Gasteiger partial charge on any atom is -0.393 e. The molecule has 0 spiro atoms. The number of rotatable bonds is 2. The van der Waals surface area contributed by atoms with E-state index >= 15 is 0 Å². The predicted molar refractivity (Wildman–Crippen MR) is 85.9 cm³/mol. The third-order valence-corrected chi connectivity index (χ3v) is 5.59. The summed E-state index contributed by atoms with van der Waals surface area (Å²) in [6.07, 6.45) is 5.88. The minimum absolute atomic E-state index is 0.167. The van der Waals surface area contributed by atoms with Crippen molar-refractivity contribution in [3.05, 3.63) is 29.8 Å². The highest BCUT2D eigenvalue weighted by Gasteiger charge is 2.41. The van der Waals surface area contributed by atoms with Crippen LogP contribution in [0.5, 0.6) is 0 Å². The number of benzene rings is 1. The molecule has 2 atom stereocenters. The number of fused-ring (bicyclic) bond motifs is 3. The van der Waals surface area contributed by atoms with Gasteiger partial charge in [-0.3, -0.25) is 9.69 Å². The summed E-state index contributed by atoms with van der Waals surface area (Å²) in [5.41, 5.74) is 2.39. The van der Waals surface area contributed by atoms with Crippen molar-refractivity contribution >= 4 is 11.6 Å². The smallest absolute Gasteiger partial charge is 0.241 e. The number of para-hydroxylation sites is 1. The maximum atomic E-state index is 12.9. The van der Waals surface area contributed by atoms with E-state index in [1.807, 2.05) is 11.0 Å². The number of nitrogens with zero attached hydrogens (tertiary/aromatic N) is 2. The lowest BCUT2D eigenvalue weighted by molar-refractivity contribution is -0.121. The van der Waals surface area contributed by atoms with Gasteiger partial charge < -0.3 is 10.0 Å². The zero-order valence-corrected chi connectivity index (χ0v) is 12.9. The molecule has 3 aliphatic rings. The summed E-state index contributed by atoms with van der Waals surface area (Å²) in [5.74, 6) is 0.223. The molecule has 0 radical (unpaired) electrons. The van der Waals surface area contributed by atoms with Crippen molar-refractivity contribution in [1.29, 1.82) is 0 Å². The van der Waals surface area contributed by atoms with Crippen LogP contribution in [0.4, 0.5) is 5.69 Å². The summed E-state index contributed by atoms with van der Waals surface area (Å²) >= 11 is 0.